The molecule has 3 rings (SSSR count). The van der Waals surface area contributed by atoms with E-state index in [0.717, 1.165) is 25.2 Å². The molecule has 2 aliphatic heterocycles. The third kappa shape index (κ3) is 2.62. The molecule has 2 N–H and O–H groups in total. The molecule has 6 nitrogen and oxygen atoms in total. The number of nitrogens with two attached hydrogens (primary N) is 1. The molecule has 2 aliphatic rings. The summed E-state index contributed by atoms with van der Waals surface area (Å²) in [5.74, 6) is 0.715. The second-order valence-corrected chi connectivity index (χ2v) is 5.51. The van der Waals surface area contributed by atoms with Crippen LogP contribution < -0.4 is 5.73 Å². The van der Waals surface area contributed by atoms with E-state index in [4.69, 9.17) is 10.5 Å². The minimum absolute atomic E-state index is 0.116. The van der Waals surface area contributed by atoms with Crippen LogP contribution in [0.5, 0.6) is 0 Å². The topological polar surface area (TPSA) is 71.7 Å². The van der Waals surface area contributed by atoms with Crippen molar-refractivity contribution in [3.05, 3.63) is 23.9 Å². The number of ether oxygens (including phenoxy) is 1. The minimum atomic E-state index is 0.116. The zero-order valence-electron chi connectivity index (χ0n) is 11.7. The fraction of sp³-hybridized carbons (Fsp3) is 0.571. The van der Waals surface area contributed by atoms with Crippen LogP contribution in [0.15, 0.2) is 18.3 Å². The number of nitrogens with zero attached hydrogens (tertiary/aromatic N) is 3. The molecule has 0 bridgehead atoms. The number of carbonyl (C=O) groups excluding carboxylic acids is 1. The lowest BCUT2D eigenvalue weighted by atomic mass is 10.2. The Balaban J connectivity index is 1.68. The number of likely N-dealkylation sites (N-methyl/N-ethyl adjacent to an activating group) is 1. The summed E-state index contributed by atoms with van der Waals surface area (Å²) in [6.07, 6.45) is 2.33. The third-order valence-electron chi connectivity index (χ3n) is 4.10. The Morgan fingerprint density at radius 3 is 3.15 bits per heavy atom. The average Bonchev–Trinajstić information content (AvgIpc) is 2.75. The van der Waals surface area contributed by atoms with Crippen LogP contribution >= 0.6 is 0 Å². The number of likely N-dealkylation sites (tertiary alicyclic amines) is 1. The molecule has 1 aromatic heterocycles. The van der Waals surface area contributed by atoms with E-state index in [1.165, 1.54) is 0 Å². The van der Waals surface area contributed by atoms with E-state index in [1.807, 2.05) is 24.1 Å². The Bertz CT molecular complexity index is 508. The number of hydrogen-bond acceptors (Lipinski definition) is 5. The Kier molecular flexibility index (Phi) is 3.58. The van der Waals surface area contributed by atoms with Crippen molar-refractivity contribution in [3.8, 4) is 0 Å². The van der Waals surface area contributed by atoms with E-state index in [9.17, 15) is 4.79 Å². The first-order valence-electron chi connectivity index (χ1n) is 6.93. The average molecular weight is 276 g/mol. The van der Waals surface area contributed by atoms with Crippen LogP contribution in [0.2, 0.25) is 0 Å². The highest BCUT2D eigenvalue weighted by Gasteiger charge is 2.39. The summed E-state index contributed by atoms with van der Waals surface area (Å²) in [6, 6.07) is 4.02. The molecule has 6 heteroatoms. The molecule has 1 aromatic rings. The first-order valence-corrected chi connectivity index (χ1v) is 6.93. The molecule has 3 heterocycles. The van der Waals surface area contributed by atoms with Crippen LogP contribution in [-0.2, 0) is 16.1 Å². The highest BCUT2D eigenvalue weighted by atomic mass is 16.5. The van der Waals surface area contributed by atoms with Gasteiger partial charge in [-0.3, -0.25) is 9.69 Å². The predicted octanol–water partition coefficient (Wildman–Crippen LogP) is 0.0953. The molecule has 2 fully saturated rings. The van der Waals surface area contributed by atoms with Crippen LogP contribution in [0.3, 0.4) is 0 Å². The lowest BCUT2D eigenvalue weighted by molar-refractivity contribution is -0.131. The summed E-state index contributed by atoms with van der Waals surface area (Å²) >= 11 is 0. The van der Waals surface area contributed by atoms with E-state index in [0.29, 0.717) is 18.8 Å². The summed E-state index contributed by atoms with van der Waals surface area (Å²) in [5, 5.41) is 0. The quantitative estimate of drug-likeness (QED) is 0.829. The van der Waals surface area contributed by atoms with Gasteiger partial charge in [-0.2, -0.15) is 0 Å². The summed E-state index contributed by atoms with van der Waals surface area (Å²) in [4.78, 5) is 20.0. The van der Waals surface area contributed by atoms with Gasteiger partial charge in [-0.1, -0.05) is 0 Å². The van der Waals surface area contributed by atoms with Crippen LogP contribution in [0, 0.1) is 0 Å². The molecule has 2 atom stereocenters. The van der Waals surface area contributed by atoms with Gasteiger partial charge in [-0.25, -0.2) is 4.98 Å². The maximum atomic E-state index is 11.9. The second-order valence-electron chi connectivity index (χ2n) is 5.51. The van der Waals surface area contributed by atoms with Gasteiger partial charge in [0.25, 0.3) is 0 Å². The maximum Gasteiger partial charge on any atom is 0.225 e. The Morgan fingerprint density at radius 2 is 2.35 bits per heavy atom. The van der Waals surface area contributed by atoms with Gasteiger partial charge in [0.2, 0.25) is 5.91 Å². The number of aromatic nitrogens is 1. The molecule has 108 valence electrons. The van der Waals surface area contributed by atoms with E-state index in [-0.39, 0.29) is 18.1 Å². The van der Waals surface area contributed by atoms with Crippen molar-refractivity contribution in [1.82, 2.24) is 14.8 Å². The number of pyridine rings is 1. The van der Waals surface area contributed by atoms with Gasteiger partial charge in [0.15, 0.2) is 0 Å². The van der Waals surface area contributed by atoms with Crippen molar-refractivity contribution in [2.75, 3.05) is 32.5 Å². The summed E-state index contributed by atoms with van der Waals surface area (Å²) in [5.41, 5.74) is 6.85. The summed E-state index contributed by atoms with van der Waals surface area (Å²) in [7, 11) is 1.88. The zero-order valence-corrected chi connectivity index (χ0v) is 11.7. The van der Waals surface area contributed by atoms with E-state index in [1.54, 1.807) is 6.20 Å². The van der Waals surface area contributed by atoms with E-state index in [2.05, 4.69) is 9.88 Å². The molecule has 0 unspecified atom stereocenters. The molecule has 0 saturated carbocycles. The van der Waals surface area contributed by atoms with Crippen LogP contribution in [-0.4, -0.2) is 59.6 Å². The Morgan fingerprint density at radius 1 is 1.50 bits per heavy atom. The van der Waals surface area contributed by atoms with Gasteiger partial charge in [0.1, 0.15) is 5.82 Å². The fourth-order valence-corrected chi connectivity index (χ4v) is 3.01. The highest BCUT2D eigenvalue weighted by Crippen LogP contribution is 2.23. The second kappa shape index (κ2) is 5.38. The van der Waals surface area contributed by atoms with Crippen molar-refractivity contribution in [3.63, 3.8) is 0 Å². The lowest BCUT2D eigenvalue weighted by Crippen LogP contribution is -2.42. The van der Waals surface area contributed by atoms with Crippen LogP contribution in [0.25, 0.3) is 0 Å². The number of anilines is 1. The molecule has 0 aromatic carbocycles. The maximum absolute atomic E-state index is 11.9. The first kappa shape index (κ1) is 13.3. The van der Waals surface area contributed by atoms with Crippen molar-refractivity contribution in [2.24, 2.45) is 0 Å². The van der Waals surface area contributed by atoms with E-state index < -0.39 is 0 Å². The Hall–Kier alpha value is -1.66. The minimum Gasteiger partial charge on any atom is -0.384 e. The number of fused-ring (bicyclic) bond motifs is 1. The van der Waals surface area contributed by atoms with Gasteiger partial charge in [-0.05, 0) is 17.7 Å². The normalized spacial score (nSPS) is 27.4. The molecular formula is C14H20N4O2. The van der Waals surface area contributed by atoms with Gasteiger partial charge in [-0.15, -0.1) is 0 Å². The molecule has 0 radical (unpaired) electrons. The standard InChI is InChI=1S/C14H20N4O2/c1-17-11-8-18(7-10-2-4-16-13(15)6-10)9-12(11)20-5-3-14(17)19/h2,4,6,11-12H,3,5,7-9H2,1H3,(H2,15,16)/t11-,12-/m0/s1. The fourth-order valence-electron chi connectivity index (χ4n) is 3.01. The number of carbonyl (C=O) groups is 1. The molecular weight excluding hydrogens is 256 g/mol. The van der Waals surface area contributed by atoms with Crippen molar-refractivity contribution in [2.45, 2.75) is 25.1 Å². The number of hydrogen-bond donors (Lipinski definition) is 1. The van der Waals surface area contributed by atoms with Crippen molar-refractivity contribution < 1.29 is 9.53 Å². The Labute approximate surface area is 118 Å². The van der Waals surface area contributed by atoms with Gasteiger partial charge < -0.3 is 15.4 Å². The predicted molar refractivity (Wildman–Crippen MR) is 74.8 cm³/mol. The summed E-state index contributed by atoms with van der Waals surface area (Å²) < 4.78 is 5.82. The monoisotopic (exact) mass is 276 g/mol. The van der Waals surface area contributed by atoms with Gasteiger partial charge in [0.05, 0.1) is 25.2 Å². The molecule has 20 heavy (non-hydrogen) atoms. The van der Waals surface area contributed by atoms with Crippen LogP contribution in [0.4, 0.5) is 5.82 Å². The lowest BCUT2D eigenvalue weighted by Gasteiger charge is -2.25. The molecule has 2 saturated heterocycles. The molecule has 1 amide bonds. The number of nitrogen functional groups attached to an aromatic ring is 1. The zero-order chi connectivity index (χ0) is 14.1. The van der Waals surface area contributed by atoms with Crippen molar-refractivity contribution >= 4 is 11.7 Å². The third-order valence-corrected chi connectivity index (χ3v) is 4.10. The summed E-state index contributed by atoms with van der Waals surface area (Å²) in [6.45, 7) is 3.03. The molecule has 0 aliphatic carbocycles. The van der Waals surface area contributed by atoms with Gasteiger partial charge >= 0.3 is 0 Å². The van der Waals surface area contributed by atoms with E-state index >= 15 is 0 Å². The molecule has 0 spiro atoms. The first-order chi connectivity index (χ1) is 9.63. The SMILES string of the molecule is CN1C(=O)CCO[C@H]2CN(Cc3ccnc(N)c3)C[C@@H]21. The smallest absolute Gasteiger partial charge is 0.225 e. The van der Waals surface area contributed by atoms with Crippen LogP contribution in [0.1, 0.15) is 12.0 Å². The largest absolute Gasteiger partial charge is 0.384 e. The highest BCUT2D eigenvalue weighted by molar-refractivity contribution is 5.76. The van der Waals surface area contributed by atoms with Crippen molar-refractivity contribution in [1.29, 1.82) is 0 Å². The van der Waals surface area contributed by atoms with Gasteiger partial charge in [0, 0.05) is 32.9 Å². The number of rotatable bonds is 2. The number of amides is 1.